The maximum absolute atomic E-state index is 12.1. The number of pyridine rings is 1. The highest BCUT2D eigenvalue weighted by molar-refractivity contribution is 6.42. The first kappa shape index (κ1) is 9.48. The molecular formula is C6H3Cl2F2NO. The molecule has 0 aliphatic heterocycles. The summed E-state index contributed by atoms with van der Waals surface area (Å²) in [6, 6.07) is 0. The Morgan fingerprint density at radius 3 is 2.42 bits per heavy atom. The summed E-state index contributed by atoms with van der Waals surface area (Å²) in [4.78, 5) is 12.8. The standard InChI is InChI=1S/C6H3Cl2F2NO/c7-2-1-11-6(12)3(4(2)8)5(9)10/h1,5H,(H,11,12). The van der Waals surface area contributed by atoms with E-state index in [1.165, 1.54) is 0 Å². The van der Waals surface area contributed by atoms with E-state index in [-0.39, 0.29) is 5.02 Å². The second-order valence-electron chi connectivity index (χ2n) is 1.99. The fourth-order valence-electron chi connectivity index (χ4n) is 0.693. The Hall–Kier alpha value is -0.610. The normalized spacial score (nSPS) is 10.8. The van der Waals surface area contributed by atoms with E-state index in [4.69, 9.17) is 23.2 Å². The number of halogens is 4. The summed E-state index contributed by atoms with van der Waals surface area (Å²) in [5.74, 6) is 0. The molecule has 0 fully saturated rings. The number of alkyl halides is 2. The molecule has 6 heteroatoms. The molecule has 0 aliphatic carbocycles. The molecule has 1 N–H and O–H groups in total. The molecule has 1 rings (SSSR count). The van der Waals surface area contributed by atoms with Gasteiger partial charge in [-0.15, -0.1) is 0 Å². The molecule has 0 radical (unpaired) electrons. The third kappa shape index (κ3) is 1.59. The average Bonchev–Trinajstić information content (AvgIpc) is 1.97. The summed E-state index contributed by atoms with van der Waals surface area (Å²) in [6.07, 6.45) is -1.85. The highest BCUT2D eigenvalue weighted by Crippen LogP contribution is 2.28. The third-order valence-corrected chi connectivity index (χ3v) is 2.04. The number of nitrogens with one attached hydrogen (secondary N) is 1. The van der Waals surface area contributed by atoms with Crippen LogP contribution in [0.1, 0.15) is 12.0 Å². The van der Waals surface area contributed by atoms with E-state index in [1.807, 2.05) is 4.98 Å². The van der Waals surface area contributed by atoms with E-state index in [2.05, 4.69) is 0 Å². The van der Waals surface area contributed by atoms with Crippen LogP contribution >= 0.6 is 23.2 Å². The molecule has 0 atom stereocenters. The number of hydrogen-bond donors (Lipinski definition) is 1. The van der Waals surface area contributed by atoms with Crippen LogP contribution in [0.5, 0.6) is 0 Å². The second-order valence-corrected chi connectivity index (χ2v) is 2.78. The van der Waals surface area contributed by atoms with Crippen LogP contribution in [0.4, 0.5) is 8.78 Å². The molecule has 0 amide bonds. The molecule has 0 bridgehead atoms. The molecule has 0 spiro atoms. The first-order chi connectivity index (χ1) is 5.54. The Bertz CT molecular complexity index is 350. The third-order valence-electron chi connectivity index (χ3n) is 1.24. The zero-order valence-corrected chi connectivity index (χ0v) is 7.09. The smallest absolute Gasteiger partial charge is 0.270 e. The summed E-state index contributed by atoms with van der Waals surface area (Å²) in [5.41, 5.74) is -1.71. The van der Waals surface area contributed by atoms with Crippen LogP contribution in [0.3, 0.4) is 0 Å². The van der Waals surface area contributed by atoms with Crippen molar-refractivity contribution < 1.29 is 8.78 Å². The molecular weight excluding hydrogens is 211 g/mol. The molecule has 2 nitrogen and oxygen atoms in total. The van der Waals surface area contributed by atoms with Crippen molar-refractivity contribution in [2.24, 2.45) is 0 Å². The molecule has 0 aliphatic rings. The van der Waals surface area contributed by atoms with Gasteiger partial charge in [0.1, 0.15) is 5.56 Å². The Balaban J connectivity index is 3.43. The van der Waals surface area contributed by atoms with Crippen LogP contribution in [-0.2, 0) is 0 Å². The van der Waals surface area contributed by atoms with Crippen molar-refractivity contribution in [3.8, 4) is 0 Å². The minimum absolute atomic E-state index is 0.0911. The lowest BCUT2D eigenvalue weighted by atomic mass is 10.3. The second kappa shape index (κ2) is 3.41. The molecule has 1 aromatic heterocycles. The quantitative estimate of drug-likeness (QED) is 0.765. The van der Waals surface area contributed by atoms with Gasteiger partial charge in [0, 0.05) is 6.20 Å². The van der Waals surface area contributed by atoms with Crippen LogP contribution in [0.15, 0.2) is 11.0 Å². The molecule has 0 aromatic carbocycles. The molecule has 1 aromatic rings. The van der Waals surface area contributed by atoms with E-state index in [0.717, 1.165) is 6.20 Å². The number of aromatic amines is 1. The minimum Gasteiger partial charge on any atom is -0.327 e. The average molecular weight is 214 g/mol. The van der Waals surface area contributed by atoms with Crippen molar-refractivity contribution >= 4 is 23.2 Å². The predicted octanol–water partition coefficient (Wildman–Crippen LogP) is 2.62. The highest BCUT2D eigenvalue weighted by atomic mass is 35.5. The van der Waals surface area contributed by atoms with E-state index in [9.17, 15) is 13.6 Å². The van der Waals surface area contributed by atoms with Crippen LogP contribution in [0, 0.1) is 0 Å². The van der Waals surface area contributed by atoms with Crippen molar-refractivity contribution in [3.05, 3.63) is 32.2 Å². The molecule has 66 valence electrons. The van der Waals surface area contributed by atoms with Crippen molar-refractivity contribution in [2.45, 2.75) is 6.43 Å². The van der Waals surface area contributed by atoms with Gasteiger partial charge in [-0.25, -0.2) is 8.78 Å². The van der Waals surface area contributed by atoms with Crippen LogP contribution in [0.2, 0.25) is 10.0 Å². The summed E-state index contributed by atoms with van der Waals surface area (Å²) < 4.78 is 24.2. The molecule has 0 saturated heterocycles. The maximum Gasteiger partial charge on any atom is 0.270 e. The Morgan fingerprint density at radius 1 is 1.42 bits per heavy atom. The summed E-state index contributed by atoms with van der Waals surface area (Å²) >= 11 is 10.8. The van der Waals surface area contributed by atoms with E-state index in [1.54, 1.807) is 0 Å². The van der Waals surface area contributed by atoms with Gasteiger partial charge in [0.25, 0.3) is 12.0 Å². The fraction of sp³-hybridized carbons (Fsp3) is 0.167. The van der Waals surface area contributed by atoms with Gasteiger partial charge in [-0.2, -0.15) is 0 Å². The molecule has 12 heavy (non-hydrogen) atoms. The number of H-pyrrole nitrogens is 1. The minimum atomic E-state index is -2.92. The number of rotatable bonds is 1. The molecule has 1 heterocycles. The monoisotopic (exact) mass is 213 g/mol. The van der Waals surface area contributed by atoms with Gasteiger partial charge in [-0.3, -0.25) is 4.79 Å². The Kier molecular flexibility index (Phi) is 2.69. The van der Waals surface area contributed by atoms with E-state index < -0.39 is 22.6 Å². The van der Waals surface area contributed by atoms with Gasteiger partial charge in [0.15, 0.2) is 0 Å². The SMILES string of the molecule is O=c1[nH]cc(Cl)c(Cl)c1C(F)F. The lowest BCUT2D eigenvalue weighted by Gasteiger charge is -2.01. The number of aromatic nitrogens is 1. The lowest BCUT2D eigenvalue weighted by Crippen LogP contribution is -2.12. The van der Waals surface area contributed by atoms with Crippen LogP contribution in [0.25, 0.3) is 0 Å². The first-order valence-electron chi connectivity index (χ1n) is 2.88. The highest BCUT2D eigenvalue weighted by Gasteiger charge is 2.18. The van der Waals surface area contributed by atoms with Crippen LogP contribution < -0.4 is 5.56 Å². The summed E-state index contributed by atoms with van der Waals surface area (Å²) in [5, 5.41) is -0.484. The summed E-state index contributed by atoms with van der Waals surface area (Å²) in [6.45, 7) is 0. The topological polar surface area (TPSA) is 32.9 Å². The van der Waals surface area contributed by atoms with Crippen molar-refractivity contribution in [2.75, 3.05) is 0 Å². The van der Waals surface area contributed by atoms with Crippen LogP contribution in [-0.4, -0.2) is 4.98 Å². The summed E-state index contributed by atoms with van der Waals surface area (Å²) in [7, 11) is 0. The Morgan fingerprint density at radius 2 is 2.00 bits per heavy atom. The van der Waals surface area contributed by atoms with Gasteiger partial charge in [0.2, 0.25) is 0 Å². The van der Waals surface area contributed by atoms with Gasteiger partial charge in [0.05, 0.1) is 10.0 Å². The molecule has 0 saturated carbocycles. The first-order valence-corrected chi connectivity index (χ1v) is 3.64. The van der Waals surface area contributed by atoms with Crippen molar-refractivity contribution in [1.82, 2.24) is 4.98 Å². The molecule has 0 unspecified atom stereocenters. The van der Waals surface area contributed by atoms with Gasteiger partial charge in [-0.1, -0.05) is 23.2 Å². The lowest BCUT2D eigenvalue weighted by molar-refractivity contribution is 0.150. The van der Waals surface area contributed by atoms with Gasteiger partial charge in [-0.05, 0) is 0 Å². The van der Waals surface area contributed by atoms with Gasteiger partial charge < -0.3 is 4.98 Å². The predicted molar refractivity (Wildman–Crippen MR) is 42.0 cm³/mol. The van der Waals surface area contributed by atoms with E-state index in [0.29, 0.717) is 0 Å². The largest absolute Gasteiger partial charge is 0.327 e. The van der Waals surface area contributed by atoms with Crippen molar-refractivity contribution in [3.63, 3.8) is 0 Å². The Labute approximate surface area is 76.1 Å². The van der Waals surface area contributed by atoms with E-state index >= 15 is 0 Å². The van der Waals surface area contributed by atoms with Gasteiger partial charge >= 0.3 is 0 Å². The number of hydrogen-bond acceptors (Lipinski definition) is 1. The fourth-order valence-corrected chi connectivity index (χ4v) is 1.07. The maximum atomic E-state index is 12.1. The zero-order chi connectivity index (χ0) is 9.30. The van der Waals surface area contributed by atoms with Crippen molar-refractivity contribution in [1.29, 1.82) is 0 Å². The zero-order valence-electron chi connectivity index (χ0n) is 5.57.